The Balaban J connectivity index is 2.69. The molecule has 1 aromatic carbocycles. The normalized spacial score (nSPS) is 11.6. The highest BCUT2D eigenvalue weighted by Crippen LogP contribution is 2.31. The Morgan fingerprint density at radius 1 is 1.39 bits per heavy atom. The number of methoxy groups -OCH3 is 1. The Labute approximate surface area is 124 Å². The van der Waals surface area contributed by atoms with Gasteiger partial charge in [-0.15, -0.1) is 0 Å². The van der Waals surface area contributed by atoms with Crippen LogP contribution in [0.15, 0.2) is 22.7 Å². The van der Waals surface area contributed by atoms with Gasteiger partial charge in [-0.05, 0) is 52.3 Å². The molecule has 0 aliphatic heterocycles. The maximum Gasteiger partial charge on any atom is 0.133 e. The summed E-state index contributed by atoms with van der Waals surface area (Å²) in [6.07, 6.45) is 1.10. The van der Waals surface area contributed by atoms with Crippen LogP contribution in [0.25, 0.3) is 0 Å². The van der Waals surface area contributed by atoms with E-state index in [1.165, 1.54) is 5.56 Å². The Morgan fingerprint density at radius 2 is 2.11 bits per heavy atom. The highest BCUT2D eigenvalue weighted by atomic mass is 79.9. The van der Waals surface area contributed by atoms with Crippen LogP contribution in [0.1, 0.15) is 25.8 Å². The number of hydrogen-bond acceptors (Lipinski definition) is 3. The second-order valence-electron chi connectivity index (χ2n) is 4.99. The van der Waals surface area contributed by atoms with Crippen molar-refractivity contribution in [1.82, 2.24) is 5.32 Å². The van der Waals surface area contributed by atoms with E-state index in [-0.39, 0.29) is 5.41 Å². The second-order valence-corrected chi connectivity index (χ2v) is 6.29. The van der Waals surface area contributed by atoms with Crippen LogP contribution in [-0.4, -0.2) is 26.0 Å². The topological polar surface area (TPSA) is 21.3 Å². The summed E-state index contributed by atoms with van der Waals surface area (Å²) in [6, 6.07) is 6.28. The van der Waals surface area contributed by atoms with Gasteiger partial charge in [0, 0.05) is 12.0 Å². The van der Waals surface area contributed by atoms with E-state index in [4.69, 9.17) is 4.74 Å². The number of benzene rings is 1. The van der Waals surface area contributed by atoms with Crippen molar-refractivity contribution in [3.05, 3.63) is 28.2 Å². The van der Waals surface area contributed by atoms with Crippen molar-refractivity contribution >= 4 is 28.6 Å². The minimum Gasteiger partial charge on any atom is -0.496 e. The van der Waals surface area contributed by atoms with Gasteiger partial charge in [0.15, 0.2) is 0 Å². The molecule has 2 nitrogen and oxygen atoms in total. The van der Waals surface area contributed by atoms with E-state index < -0.39 is 0 Å². The van der Waals surface area contributed by atoms with Crippen molar-refractivity contribution in [3.8, 4) is 5.75 Å². The van der Waals surface area contributed by atoms with Gasteiger partial charge in [-0.1, -0.05) is 19.9 Å². The molecule has 1 N–H and O–H groups in total. The number of ether oxygens (including phenoxy) is 1. The lowest BCUT2D eigenvalue weighted by molar-refractivity contribution is 0.410. The molecule has 0 bridgehead atoms. The van der Waals surface area contributed by atoms with E-state index in [1.807, 2.05) is 6.07 Å². The van der Waals surface area contributed by atoms with Crippen molar-refractivity contribution in [2.75, 3.05) is 26.0 Å². The number of rotatable bonds is 7. The summed E-state index contributed by atoms with van der Waals surface area (Å²) in [5.41, 5.74) is 1.40. The molecule has 0 unspecified atom stereocenters. The number of hydrogen-bond donors (Lipinski definition) is 2. The molecule has 102 valence electrons. The van der Waals surface area contributed by atoms with Gasteiger partial charge in [-0.25, -0.2) is 0 Å². The fourth-order valence-corrected chi connectivity index (χ4v) is 2.49. The summed E-state index contributed by atoms with van der Waals surface area (Å²) in [5.74, 6) is 1.80. The third-order valence-corrected chi connectivity index (χ3v) is 3.95. The average Bonchev–Trinajstić information content (AvgIpc) is 2.34. The quantitative estimate of drug-likeness (QED) is 0.588. The zero-order valence-corrected chi connectivity index (χ0v) is 13.8. The highest BCUT2D eigenvalue weighted by Gasteiger charge is 2.20. The van der Waals surface area contributed by atoms with E-state index in [2.05, 4.69) is 59.9 Å². The molecular weight excluding hydrogens is 310 g/mol. The number of thiol groups is 1. The van der Waals surface area contributed by atoms with Crippen molar-refractivity contribution in [3.63, 3.8) is 0 Å². The monoisotopic (exact) mass is 331 g/mol. The van der Waals surface area contributed by atoms with Crippen LogP contribution in [-0.2, 0) is 5.41 Å². The highest BCUT2D eigenvalue weighted by molar-refractivity contribution is 9.10. The van der Waals surface area contributed by atoms with Crippen molar-refractivity contribution in [2.45, 2.75) is 25.7 Å². The first-order chi connectivity index (χ1) is 8.51. The van der Waals surface area contributed by atoms with E-state index >= 15 is 0 Å². The van der Waals surface area contributed by atoms with Gasteiger partial charge in [0.1, 0.15) is 5.75 Å². The summed E-state index contributed by atoms with van der Waals surface area (Å²) < 4.78 is 6.26. The zero-order chi connectivity index (χ0) is 13.6. The largest absolute Gasteiger partial charge is 0.496 e. The minimum absolute atomic E-state index is 0.103. The summed E-state index contributed by atoms with van der Waals surface area (Å²) in [5, 5.41) is 3.48. The van der Waals surface area contributed by atoms with Gasteiger partial charge in [-0.3, -0.25) is 0 Å². The third kappa shape index (κ3) is 4.48. The minimum atomic E-state index is 0.103. The van der Waals surface area contributed by atoms with Crippen LogP contribution in [0.5, 0.6) is 5.75 Å². The Morgan fingerprint density at radius 3 is 2.67 bits per heavy atom. The molecule has 1 rings (SSSR count). The zero-order valence-electron chi connectivity index (χ0n) is 11.3. The smallest absolute Gasteiger partial charge is 0.133 e. The number of halogens is 1. The summed E-state index contributed by atoms with van der Waals surface area (Å²) >= 11 is 7.75. The molecule has 0 atom stereocenters. The molecule has 4 heteroatoms. The summed E-state index contributed by atoms with van der Waals surface area (Å²) in [6.45, 7) is 6.47. The van der Waals surface area contributed by atoms with Gasteiger partial charge in [0.25, 0.3) is 0 Å². The molecular formula is C14H22BrNOS. The van der Waals surface area contributed by atoms with Crippen LogP contribution >= 0.6 is 28.6 Å². The predicted octanol–water partition coefficient (Wildman–Crippen LogP) is 3.64. The maximum atomic E-state index is 5.25. The van der Waals surface area contributed by atoms with E-state index in [9.17, 15) is 0 Å². The Hall–Kier alpha value is -0.190. The van der Waals surface area contributed by atoms with Crippen LogP contribution in [0.4, 0.5) is 0 Å². The van der Waals surface area contributed by atoms with Crippen molar-refractivity contribution < 1.29 is 4.74 Å². The molecule has 18 heavy (non-hydrogen) atoms. The predicted molar refractivity (Wildman–Crippen MR) is 85.1 cm³/mol. The van der Waals surface area contributed by atoms with Gasteiger partial charge in [-0.2, -0.15) is 12.6 Å². The first kappa shape index (κ1) is 15.9. The number of nitrogens with one attached hydrogen (secondary N) is 1. The molecule has 0 aliphatic rings. The lowest BCUT2D eigenvalue weighted by atomic mass is 9.84. The molecule has 0 fully saturated rings. The fourth-order valence-electron chi connectivity index (χ4n) is 1.79. The van der Waals surface area contributed by atoms with Crippen molar-refractivity contribution in [2.24, 2.45) is 0 Å². The van der Waals surface area contributed by atoms with Gasteiger partial charge in [0.2, 0.25) is 0 Å². The van der Waals surface area contributed by atoms with Gasteiger partial charge < -0.3 is 10.1 Å². The summed E-state index contributed by atoms with van der Waals surface area (Å²) in [4.78, 5) is 0. The molecule has 0 amide bonds. The molecule has 0 saturated carbocycles. The van der Waals surface area contributed by atoms with Gasteiger partial charge in [0.05, 0.1) is 11.6 Å². The first-order valence-corrected chi connectivity index (χ1v) is 7.59. The van der Waals surface area contributed by atoms with Gasteiger partial charge >= 0.3 is 0 Å². The molecule has 0 spiro atoms. The molecule has 0 radical (unpaired) electrons. The lowest BCUT2D eigenvalue weighted by Crippen LogP contribution is -2.33. The van der Waals surface area contributed by atoms with Crippen LogP contribution in [0, 0.1) is 0 Å². The molecule has 0 heterocycles. The summed E-state index contributed by atoms with van der Waals surface area (Å²) in [7, 11) is 1.68. The first-order valence-electron chi connectivity index (χ1n) is 6.17. The molecule has 0 saturated heterocycles. The van der Waals surface area contributed by atoms with Crippen molar-refractivity contribution in [1.29, 1.82) is 0 Å². The average molecular weight is 332 g/mol. The second kappa shape index (κ2) is 7.41. The van der Waals surface area contributed by atoms with E-state index in [1.54, 1.807) is 7.11 Å². The van der Waals surface area contributed by atoms with E-state index in [0.29, 0.717) is 0 Å². The lowest BCUT2D eigenvalue weighted by Gasteiger charge is -2.26. The third-order valence-electron chi connectivity index (χ3n) is 3.01. The Bertz CT molecular complexity index is 382. The standard InChI is InChI=1S/C14H22BrNOS/c1-14(2,10-16-7-4-8-18)11-5-6-13(17-3)12(15)9-11/h5-6,9,16,18H,4,7-8,10H2,1-3H3. The molecule has 0 aromatic heterocycles. The van der Waals surface area contributed by atoms with Crippen LogP contribution in [0.2, 0.25) is 0 Å². The Kier molecular flexibility index (Phi) is 6.53. The SMILES string of the molecule is COc1ccc(C(C)(C)CNCCCS)cc1Br. The van der Waals surface area contributed by atoms with E-state index in [0.717, 1.165) is 35.5 Å². The molecule has 1 aromatic rings. The van der Waals surface area contributed by atoms with Crippen LogP contribution in [0.3, 0.4) is 0 Å². The fraction of sp³-hybridized carbons (Fsp3) is 0.571. The molecule has 0 aliphatic carbocycles. The van der Waals surface area contributed by atoms with Crippen LogP contribution < -0.4 is 10.1 Å². The maximum absolute atomic E-state index is 5.25.